The molecule has 5 heteroatoms. The molecule has 0 saturated carbocycles. The maximum Gasteiger partial charge on any atom is 0.164 e. The third kappa shape index (κ3) is 6.01. The van der Waals surface area contributed by atoms with Crippen LogP contribution in [0.1, 0.15) is 27.8 Å². The van der Waals surface area contributed by atoms with E-state index in [1.165, 1.54) is 0 Å². The van der Waals surface area contributed by atoms with Crippen molar-refractivity contribution in [2.24, 2.45) is 0 Å². The summed E-state index contributed by atoms with van der Waals surface area (Å²) in [4.78, 5) is 15.2. The highest BCUT2D eigenvalue weighted by Gasteiger charge is 2.46. The van der Waals surface area contributed by atoms with Gasteiger partial charge in [-0.2, -0.15) is 5.26 Å². The highest BCUT2D eigenvalue weighted by atomic mass is 16.5. The second-order valence-corrected chi connectivity index (χ2v) is 14.3. The molecule has 0 amide bonds. The van der Waals surface area contributed by atoms with E-state index in [1.54, 1.807) is 0 Å². The lowest BCUT2D eigenvalue weighted by atomic mass is 9.62. The van der Waals surface area contributed by atoms with Gasteiger partial charge in [0.1, 0.15) is 11.5 Å². The van der Waals surface area contributed by atoms with Crippen molar-refractivity contribution in [2.75, 3.05) is 0 Å². The number of fused-ring (bicyclic) bond motifs is 2. The van der Waals surface area contributed by atoms with Crippen LogP contribution in [0.15, 0.2) is 206 Å². The second-order valence-electron chi connectivity index (χ2n) is 14.3. The summed E-state index contributed by atoms with van der Waals surface area (Å²) < 4.78 is 6.78. The van der Waals surface area contributed by atoms with Gasteiger partial charge in [-0.1, -0.05) is 176 Å². The molecule has 0 atom stereocenters. The fourth-order valence-electron chi connectivity index (χ4n) is 8.23. The van der Waals surface area contributed by atoms with Gasteiger partial charge in [0.05, 0.1) is 17.0 Å². The normalized spacial score (nSPS) is 12.4. The summed E-state index contributed by atoms with van der Waals surface area (Å²) in [5, 5.41) is 9.26. The number of rotatable bonds is 7. The average molecular weight is 743 g/mol. The number of hydrogen-bond acceptors (Lipinski definition) is 5. The van der Waals surface area contributed by atoms with Crippen molar-refractivity contribution in [3.8, 4) is 74.0 Å². The Morgan fingerprint density at radius 3 is 1.50 bits per heavy atom. The third-order valence-corrected chi connectivity index (χ3v) is 10.9. The molecule has 1 aromatic heterocycles. The monoisotopic (exact) mass is 742 g/mol. The van der Waals surface area contributed by atoms with Crippen LogP contribution in [-0.4, -0.2) is 15.0 Å². The van der Waals surface area contributed by atoms with Gasteiger partial charge in [-0.15, -0.1) is 0 Å². The van der Waals surface area contributed by atoms with Gasteiger partial charge in [0, 0.05) is 27.8 Å². The van der Waals surface area contributed by atoms with Crippen molar-refractivity contribution in [3.63, 3.8) is 0 Å². The van der Waals surface area contributed by atoms with Crippen LogP contribution in [0.5, 0.6) is 11.5 Å². The molecule has 0 radical (unpaired) electrons. The highest BCUT2D eigenvalue weighted by molar-refractivity contribution is 5.82. The fourth-order valence-corrected chi connectivity index (χ4v) is 8.23. The van der Waals surface area contributed by atoms with Gasteiger partial charge in [0.15, 0.2) is 17.5 Å². The molecule has 0 aliphatic carbocycles. The number of ether oxygens (including phenoxy) is 1. The minimum Gasteiger partial charge on any atom is -0.457 e. The Balaban J connectivity index is 1.14. The van der Waals surface area contributed by atoms with E-state index in [2.05, 4.69) is 140 Å². The average Bonchev–Trinajstić information content (AvgIpc) is 3.31. The van der Waals surface area contributed by atoms with Crippen LogP contribution >= 0.6 is 0 Å². The number of nitrogens with zero attached hydrogens (tertiary/aromatic N) is 4. The second kappa shape index (κ2) is 14.6. The van der Waals surface area contributed by atoms with Crippen LogP contribution in [0.25, 0.3) is 56.4 Å². The van der Waals surface area contributed by atoms with E-state index in [1.807, 2.05) is 72.8 Å². The van der Waals surface area contributed by atoms with E-state index in [0.717, 1.165) is 72.7 Å². The summed E-state index contributed by atoms with van der Waals surface area (Å²) in [6, 6.07) is 72.7. The van der Waals surface area contributed by atoms with Gasteiger partial charge in [0.25, 0.3) is 0 Å². The predicted octanol–water partition coefficient (Wildman–Crippen LogP) is 12.6. The first kappa shape index (κ1) is 34.5. The molecule has 1 aliphatic rings. The van der Waals surface area contributed by atoms with Gasteiger partial charge in [-0.25, -0.2) is 15.0 Å². The Morgan fingerprint density at radius 1 is 0.397 bits per heavy atom. The molecule has 0 saturated heterocycles. The van der Waals surface area contributed by atoms with Gasteiger partial charge in [-0.05, 0) is 63.7 Å². The standard InChI is InChI=1S/C53H34N4O/c54-35-36-26-28-37(29-27-36)38-30-32-40(33-31-38)51-55-50(39-14-4-1-5-15-39)56-52(57-51)42-17-12-16-41(34-42)45-22-13-25-48-49(45)53(43-18-6-2-7-19-43,44-20-8-3-9-21-44)46-23-10-11-24-47(46)58-48/h1-34H. The van der Waals surface area contributed by atoms with Crippen LogP contribution in [0, 0.1) is 11.3 Å². The van der Waals surface area contributed by atoms with Crippen molar-refractivity contribution in [2.45, 2.75) is 5.41 Å². The molecule has 0 spiro atoms. The van der Waals surface area contributed by atoms with Crippen molar-refractivity contribution >= 4 is 0 Å². The zero-order valence-corrected chi connectivity index (χ0v) is 31.3. The topological polar surface area (TPSA) is 71.7 Å². The molecule has 0 N–H and O–H groups in total. The van der Waals surface area contributed by atoms with E-state index in [-0.39, 0.29) is 0 Å². The SMILES string of the molecule is N#Cc1ccc(-c2ccc(-c3nc(-c4ccccc4)nc(-c4cccc(-c5cccc6c5C(c5ccccc5)(c5ccccc5)c5ccccc5O6)c4)n3)cc2)cc1. The molecule has 58 heavy (non-hydrogen) atoms. The summed E-state index contributed by atoms with van der Waals surface area (Å²) in [5.41, 5.74) is 11.2. The Hall–Kier alpha value is -7.94. The Bertz CT molecular complexity index is 2920. The van der Waals surface area contributed by atoms with E-state index >= 15 is 0 Å². The summed E-state index contributed by atoms with van der Waals surface area (Å²) >= 11 is 0. The van der Waals surface area contributed by atoms with Crippen LogP contribution in [0.3, 0.4) is 0 Å². The first-order valence-corrected chi connectivity index (χ1v) is 19.2. The quantitative estimate of drug-likeness (QED) is 0.163. The van der Waals surface area contributed by atoms with Gasteiger partial charge >= 0.3 is 0 Å². The molecule has 0 bridgehead atoms. The van der Waals surface area contributed by atoms with Gasteiger partial charge < -0.3 is 4.74 Å². The van der Waals surface area contributed by atoms with Crippen molar-refractivity contribution in [1.29, 1.82) is 5.26 Å². The zero-order chi connectivity index (χ0) is 38.9. The summed E-state index contributed by atoms with van der Waals surface area (Å²) in [7, 11) is 0. The third-order valence-electron chi connectivity index (χ3n) is 10.9. The van der Waals surface area contributed by atoms with Gasteiger partial charge in [-0.3, -0.25) is 0 Å². The molecule has 2 heterocycles. The molecule has 272 valence electrons. The molecule has 0 fully saturated rings. The van der Waals surface area contributed by atoms with E-state index < -0.39 is 5.41 Å². The molecule has 0 unspecified atom stereocenters. The smallest absolute Gasteiger partial charge is 0.164 e. The number of nitriles is 1. The minimum atomic E-state index is -0.677. The maximum absolute atomic E-state index is 9.26. The number of aromatic nitrogens is 3. The molecular weight excluding hydrogens is 709 g/mol. The van der Waals surface area contributed by atoms with Crippen molar-refractivity contribution < 1.29 is 4.74 Å². The van der Waals surface area contributed by atoms with Crippen molar-refractivity contribution in [1.82, 2.24) is 15.0 Å². The summed E-state index contributed by atoms with van der Waals surface area (Å²) in [5.74, 6) is 3.40. The zero-order valence-electron chi connectivity index (χ0n) is 31.3. The molecule has 8 aromatic carbocycles. The van der Waals surface area contributed by atoms with Crippen LogP contribution in [0.4, 0.5) is 0 Å². The first-order valence-electron chi connectivity index (χ1n) is 19.2. The lowest BCUT2D eigenvalue weighted by Gasteiger charge is -2.42. The summed E-state index contributed by atoms with van der Waals surface area (Å²) in [6.07, 6.45) is 0. The van der Waals surface area contributed by atoms with Crippen LogP contribution in [-0.2, 0) is 5.41 Å². The van der Waals surface area contributed by atoms with Crippen molar-refractivity contribution in [3.05, 3.63) is 234 Å². The molecular formula is C53H34N4O. The number of hydrogen-bond donors (Lipinski definition) is 0. The molecule has 9 aromatic rings. The summed E-state index contributed by atoms with van der Waals surface area (Å²) in [6.45, 7) is 0. The predicted molar refractivity (Wildman–Crippen MR) is 230 cm³/mol. The highest BCUT2D eigenvalue weighted by Crippen LogP contribution is 2.57. The van der Waals surface area contributed by atoms with E-state index in [9.17, 15) is 5.26 Å². The Labute approximate surface area is 337 Å². The lowest BCUT2D eigenvalue weighted by Crippen LogP contribution is -2.34. The van der Waals surface area contributed by atoms with E-state index in [4.69, 9.17) is 19.7 Å². The number of para-hydroxylation sites is 1. The molecule has 10 rings (SSSR count). The Kier molecular flexibility index (Phi) is 8.70. The molecule has 5 nitrogen and oxygen atoms in total. The van der Waals surface area contributed by atoms with E-state index in [0.29, 0.717) is 23.0 Å². The minimum absolute atomic E-state index is 0.575. The fraction of sp³-hybridized carbons (Fsp3) is 0.0189. The van der Waals surface area contributed by atoms with Crippen LogP contribution < -0.4 is 4.74 Å². The molecule has 1 aliphatic heterocycles. The lowest BCUT2D eigenvalue weighted by molar-refractivity contribution is 0.435. The maximum atomic E-state index is 9.26. The van der Waals surface area contributed by atoms with Gasteiger partial charge in [0.2, 0.25) is 0 Å². The first-order chi connectivity index (χ1) is 28.7. The van der Waals surface area contributed by atoms with Crippen LogP contribution in [0.2, 0.25) is 0 Å². The number of benzene rings is 8. The largest absolute Gasteiger partial charge is 0.457 e. The Morgan fingerprint density at radius 2 is 0.862 bits per heavy atom.